The molecule has 156 valence electrons. The Bertz CT molecular complexity index is 771. The third kappa shape index (κ3) is 7.66. The molecule has 0 saturated carbocycles. The maximum absolute atomic E-state index is 13.0. The van der Waals surface area contributed by atoms with Crippen LogP contribution in [0, 0.1) is 0 Å². The van der Waals surface area contributed by atoms with Crippen molar-refractivity contribution in [3.05, 3.63) is 53.3 Å². The Kier molecular flexibility index (Phi) is 11.1. The molecule has 0 unspecified atom stereocenters. The third-order valence-electron chi connectivity index (χ3n) is 3.80. The summed E-state index contributed by atoms with van der Waals surface area (Å²) in [5.41, 5.74) is 2.15. The van der Waals surface area contributed by atoms with E-state index in [0.29, 0.717) is 30.6 Å². The lowest BCUT2D eigenvalue weighted by molar-refractivity contribution is -0.141. The van der Waals surface area contributed by atoms with Crippen molar-refractivity contribution in [2.75, 3.05) is 13.2 Å². The van der Waals surface area contributed by atoms with Crippen LogP contribution in [0.15, 0.2) is 36.7 Å². The van der Waals surface area contributed by atoms with Crippen molar-refractivity contribution in [3.63, 3.8) is 0 Å². The van der Waals surface area contributed by atoms with Gasteiger partial charge in [-0.15, -0.1) is 24.8 Å². The molecule has 0 atom stereocenters. The van der Waals surface area contributed by atoms with Gasteiger partial charge < -0.3 is 10.1 Å². The number of aromatic nitrogens is 1. The predicted octanol–water partition coefficient (Wildman–Crippen LogP) is 4.83. The largest absolute Gasteiger partial charge is 0.466 e. The highest BCUT2D eigenvalue weighted by Gasteiger charge is 2.31. The average molecular weight is 439 g/mol. The first-order valence-corrected chi connectivity index (χ1v) is 8.29. The number of carbonyl (C=O) groups excluding carboxylic acids is 1. The van der Waals surface area contributed by atoms with Crippen LogP contribution < -0.4 is 5.32 Å². The Morgan fingerprint density at radius 1 is 1.18 bits per heavy atom. The molecule has 0 aliphatic rings. The molecule has 0 spiro atoms. The molecule has 1 aromatic carbocycles. The van der Waals surface area contributed by atoms with E-state index in [2.05, 4.69) is 10.3 Å². The number of pyridine rings is 1. The number of hydrogen-bond donors (Lipinski definition) is 1. The minimum absolute atomic E-state index is 0. The van der Waals surface area contributed by atoms with Crippen molar-refractivity contribution >= 4 is 30.8 Å². The van der Waals surface area contributed by atoms with Gasteiger partial charge in [0.25, 0.3) is 0 Å². The molecule has 0 amide bonds. The zero-order valence-electron chi connectivity index (χ0n) is 15.5. The van der Waals surface area contributed by atoms with Gasteiger partial charge in [-0.25, -0.2) is 0 Å². The van der Waals surface area contributed by atoms with E-state index in [1.807, 2.05) is 13.0 Å². The Balaban J connectivity index is 0.00000364. The number of nitrogens with zero attached hydrogens (tertiary/aromatic N) is 1. The quantitative estimate of drug-likeness (QED) is 0.629. The maximum Gasteiger partial charge on any atom is 0.416 e. The zero-order chi connectivity index (χ0) is 19.2. The van der Waals surface area contributed by atoms with Crippen LogP contribution in [-0.4, -0.2) is 24.1 Å². The lowest BCUT2D eigenvalue weighted by Gasteiger charge is -2.15. The van der Waals surface area contributed by atoms with Gasteiger partial charge in [-0.2, -0.15) is 13.2 Å². The molecule has 28 heavy (non-hydrogen) atoms. The lowest BCUT2D eigenvalue weighted by atomic mass is 9.97. The van der Waals surface area contributed by atoms with E-state index in [0.717, 1.165) is 17.2 Å². The summed E-state index contributed by atoms with van der Waals surface area (Å²) in [6.07, 6.45) is -0.623. The van der Waals surface area contributed by atoms with E-state index in [9.17, 15) is 18.0 Å². The van der Waals surface area contributed by atoms with E-state index < -0.39 is 11.7 Å². The predicted molar refractivity (Wildman–Crippen MR) is 107 cm³/mol. The minimum atomic E-state index is -4.39. The third-order valence-corrected chi connectivity index (χ3v) is 3.80. The molecule has 0 aliphatic carbocycles. The van der Waals surface area contributed by atoms with E-state index in [-0.39, 0.29) is 37.4 Å². The number of halogens is 5. The van der Waals surface area contributed by atoms with Gasteiger partial charge >= 0.3 is 12.1 Å². The molecular formula is C19H23Cl2F3N2O2. The van der Waals surface area contributed by atoms with Crippen molar-refractivity contribution in [1.29, 1.82) is 0 Å². The summed E-state index contributed by atoms with van der Waals surface area (Å²) < 4.78 is 44.0. The van der Waals surface area contributed by atoms with Crippen LogP contribution in [0.2, 0.25) is 0 Å². The molecule has 0 fully saturated rings. The Labute approximate surface area is 174 Å². The van der Waals surface area contributed by atoms with E-state index >= 15 is 0 Å². The first kappa shape index (κ1) is 26.2. The van der Waals surface area contributed by atoms with E-state index in [1.165, 1.54) is 19.1 Å². The van der Waals surface area contributed by atoms with Crippen LogP contribution >= 0.6 is 24.8 Å². The topological polar surface area (TPSA) is 51.2 Å². The van der Waals surface area contributed by atoms with Gasteiger partial charge in [-0.1, -0.05) is 13.0 Å². The van der Waals surface area contributed by atoms with Crippen LogP contribution in [0.25, 0.3) is 11.1 Å². The second-order valence-corrected chi connectivity index (χ2v) is 5.82. The Morgan fingerprint density at radius 2 is 1.89 bits per heavy atom. The highest BCUT2D eigenvalue weighted by Crippen LogP contribution is 2.33. The monoisotopic (exact) mass is 438 g/mol. The van der Waals surface area contributed by atoms with Crippen LogP contribution in [0.1, 0.15) is 30.5 Å². The van der Waals surface area contributed by atoms with Crippen LogP contribution in [-0.2, 0) is 28.7 Å². The van der Waals surface area contributed by atoms with Gasteiger partial charge in [-0.3, -0.25) is 9.78 Å². The fraction of sp³-hybridized carbons (Fsp3) is 0.368. The normalized spacial score (nSPS) is 10.6. The zero-order valence-corrected chi connectivity index (χ0v) is 17.1. The van der Waals surface area contributed by atoms with Crippen LogP contribution in [0.3, 0.4) is 0 Å². The fourth-order valence-electron chi connectivity index (χ4n) is 2.54. The number of esters is 1. The molecule has 1 heterocycles. The van der Waals surface area contributed by atoms with Crippen LogP contribution in [0.5, 0.6) is 0 Å². The van der Waals surface area contributed by atoms with Gasteiger partial charge in [0, 0.05) is 37.8 Å². The van der Waals surface area contributed by atoms with Crippen molar-refractivity contribution in [3.8, 4) is 11.1 Å². The number of carbonyl (C=O) groups is 1. The fourth-order valence-corrected chi connectivity index (χ4v) is 2.54. The second-order valence-electron chi connectivity index (χ2n) is 5.82. The summed E-state index contributed by atoms with van der Waals surface area (Å²) in [6, 6.07) is 5.58. The molecule has 1 N–H and O–H groups in total. The number of alkyl halides is 3. The molecule has 2 aromatic rings. The molecule has 0 bridgehead atoms. The SMILES string of the molecule is CCNCc1cc(C(F)(F)F)ccc1-c1cncc(CCOC(C)=O)c1.Cl.Cl. The van der Waals surface area contributed by atoms with E-state index in [1.54, 1.807) is 12.4 Å². The second kappa shape index (κ2) is 11.9. The Morgan fingerprint density at radius 3 is 2.50 bits per heavy atom. The molecular weight excluding hydrogens is 416 g/mol. The highest BCUT2D eigenvalue weighted by molar-refractivity contribution is 5.85. The summed E-state index contributed by atoms with van der Waals surface area (Å²) in [5.74, 6) is -0.357. The molecule has 0 radical (unpaired) electrons. The van der Waals surface area contributed by atoms with Gasteiger partial charge in [0.2, 0.25) is 0 Å². The summed E-state index contributed by atoms with van der Waals surface area (Å²) in [7, 11) is 0. The van der Waals surface area contributed by atoms with Crippen molar-refractivity contribution in [2.24, 2.45) is 0 Å². The smallest absolute Gasteiger partial charge is 0.416 e. The molecule has 0 aliphatic heterocycles. The minimum Gasteiger partial charge on any atom is -0.466 e. The van der Waals surface area contributed by atoms with Crippen LogP contribution in [0.4, 0.5) is 13.2 Å². The first-order valence-electron chi connectivity index (χ1n) is 8.29. The van der Waals surface area contributed by atoms with Gasteiger partial charge in [0.1, 0.15) is 0 Å². The van der Waals surface area contributed by atoms with Crippen molar-refractivity contribution < 1.29 is 22.7 Å². The van der Waals surface area contributed by atoms with Gasteiger partial charge in [0.15, 0.2) is 0 Å². The molecule has 4 nitrogen and oxygen atoms in total. The lowest BCUT2D eigenvalue weighted by Crippen LogP contribution is -2.14. The summed E-state index contributed by atoms with van der Waals surface area (Å²) in [6.45, 7) is 4.44. The molecule has 0 saturated heterocycles. The Hall–Kier alpha value is -1.83. The standard InChI is InChI=1S/C19H21F3N2O2.2ClH/c1-3-23-11-16-9-17(19(20,21)22)4-5-18(16)15-8-14(10-24-12-15)6-7-26-13(2)25;;/h4-5,8-10,12,23H,3,6-7,11H2,1-2H3;2*1H. The van der Waals surface area contributed by atoms with E-state index in [4.69, 9.17) is 4.74 Å². The number of hydrogen-bond acceptors (Lipinski definition) is 4. The number of rotatable bonds is 7. The molecule has 2 rings (SSSR count). The highest BCUT2D eigenvalue weighted by atomic mass is 35.5. The molecule has 1 aromatic heterocycles. The van der Waals surface area contributed by atoms with Gasteiger partial charge in [0.05, 0.1) is 12.2 Å². The summed E-state index contributed by atoms with van der Waals surface area (Å²) in [5, 5.41) is 3.07. The first-order chi connectivity index (χ1) is 12.3. The summed E-state index contributed by atoms with van der Waals surface area (Å²) >= 11 is 0. The number of ether oxygens (including phenoxy) is 1. The van der Waals surface area contributed by atoms with Crippen molar-refractivity contribution in [1.82, 2.24) is 10.3 Å². The maximum atomic E-state index is 13.0. The molecule has 9 heteroatoms. The number of nitrogens with one attached hydrogen (secondary N) is 1. The number of benzene rings is 1. The van der Waals surface area contributed by atoms with Gasteiger partial charge in [-0.05, 0) is 41.4 Å². The average Bonchev–Trinajstić information content (AvgIpc) is 2.59. The summed E-state index contributed by atoms with van der Waals surface area (Å²) in [4.78, 5) is 15.0. The van der Waals surface area contributed by atoms with Crippen molar-refractivity contribution in [2.45, 2.75) is 33.0 Å².